The van der Waals surface area contributed by atoms with E-state index in [-0.39, 0.29) is 0 Å². The SMILES string of the molecule is CC(C)C(C)NC(=NC1CCCCC1)NN. The number of rotatable bonds is 3. The zero-order chi connectivity index (χ0) is 12.0. The molecule has 1 rings (SSSR count). The van der Waals surface area contributed by atoms with Crippen molar-refractivity contribution < 1.29 is 0 Å². The number of hydrazine groups is 1. The van der Waals surface area contributed by atoms with Crippen LogP contribution in [0, 0.1) is 5.92 Å². The molecular formula is C12H26N4. The van der Waals surface area contributed by atoms with Crippen LogP contribution in [-0.4, -0.2) is 18.0 Å². The normalized spacial score (nSPS) is 20.9. The molecule has 0 heterocycles. The van der Waals surface area contributed by atoms with Gasteiger partial charge in [-0.1, -0.05) is 33.1 Å². The maximum Gasteiger partial charge on any atom is 0.206 e. The maximum atomic E-state index is 5.50. The Bertz CT molecular complexity index is 219. The molecule has 0 aliphatic heterocycles. The van der Waals surface area contributed by atoms with E-state index in [1.807, 2.05) is 0 Å². The molecule has 0 aromatic heterocycles. The number of nitrogens with one attached hydrogen (secondary N) is 2. The van der Waals surface area contributed by atoms with Crippen LogP contribution in [0.15, 0.2) is 4.99 Å². The van der Waals surface area contributed by atoms with Crippen LogP contribution in [0.2, 0.25) is 0 Å². The van der Waals surface area contributed by atoms with Crippen molar-refractivity contribution in [3.63, 3.8) is 0 Å². The lowest BCUT2D eigenvalue weighted by Gasteiger charge is -2.23. The standard InChI is InChI=1S/C12H26N4/c1-9(2)10(3)14-12(16-13)15-11-7-5-4-6-8-11/h9-11H,4-8,13H2,1-3H3,(H2,14,15,16). The first-order chi connectivity index (χ1) is 7.63. The van der Waals surface area contributed by atoms with Crippen LogP contribution in [0.5, 0.6) is 0 Å². The molecule has 0 saturated heterocycles. The highest BCUT2D eigenvalue weighted by atomic mass is 15.3. The van der Waals surface area contributed by atoms with Crippen LogP contribution in [0.3, 0.4) is 0 Å². The van der Waals surface area contributed by atoms with E-state index in [1.54, 1.807) is 0 Å². The number of aliphatic imine (C=N–C) groups is 1. The van der Waals surface area contributed by atoms with Crippen molar-refractivity contribution in [3.05, 3.63) is 0 Å². The largest absolute Gasteiger partial charge is 0.353 e. The van der Waals surface area contributed by atoms with Crippen LogP contribution in [-0.2, 0) is 0 Å². The van der Waals surface area contributed by atoms with Crippen LogP contribution in [0.25, 0.3) is 0 Å². The van der Waals surface area contributed by atoms with E-state index in [2.05, 4.69) is 36.5 Å². The average Bonchev–Trinajstić information content (AvgIpc) is 2.29. The van der Waals surface area contributed by atoms with Crippen LogP contribution >= 0.6 is 0 Å². The summed E-state index contributed by atoms with van der Waals surface area (Å²) in [7, 11) is 0. The number of guanidine groups is 1. The minimum absolute atomic E-state index is 0.387. The molecule has 1 aliphatic rings. The Kier molecular flexibility index (Phi) is 5.60. The first kappa shape index (κ1) is 13.3. The molecule has 16 heavy (non-hydrogen) atoms. The summed E-state index contributed by atoms with van der Waals surface area (Å²) in [4.78, 5) is 4.65. The van der Waals surface area contributed by atoms with E-state index >= 15 is 0 Å². The van der Waals surface area contributed by atoms with Crippen molar-refractivity contribution in [2.45, 2.75) is 65.0 Å². The smallest absolute Gasteiger partial charge is 0.206 e. The average molecular weight is 226 g/mol. The third kappa shape index (κ3) is 4.39. The van der Waals surface area contributed by atoms with Gasteiger partial charge < -0.3 is 5.32 Å². The third-order valence-corrected chi connectivity index (χ3v) is 3.39. The van der Waals surface area contributed by atoms with E-state index in [4.69, 9.17) is 5.84 Å². The summed E-state index contributed by atoms with van der Waals surface area (Å²) in [6.45, 7) is 6.53. The Labute approximate surface area is 99.1 Å². The zero-order valence-corrected chi connectivity index (χ0v) is 10.8. The maximum absolute atomic E-state index is 5.50. The molecule has 0 spiro atoms. The molecule has 4 nitrogen and oxygen atoms in total. The topological polar surface area (TPSA) is 62.4 Å². The quantitative estimate of drug-likeness (QED) is 0.297. The lowest BCUT2D eigenvalue weighted by molar-refractivity contribution is 0.435. The fraction of sp³-hybridized carbons (Fsp3) is 0.917. The van der Waals surface area contributed by atoms with Gasteiger partial charge in [0.1, 0.15) is 0 Å². The van der Waals surface area contributed by atoms with Gasteiger partial charge in [-0.15, -0.1) is 0 Å². The second kappa shape index (κ2) is 6.74. The third-order valence-electron chi connectivity index (χ3n) is 3.39. The van der Waals surface area contributed by atoms with Crippen molar-refractivity contribution in [3.8, 4) is 0 Å². The van der Waals surface area contributed by atoms with Crippen LogP contribution in [0.1, 0.15) is 52.9 Å². The summed E-state index contributed by atoms with van der Waals surface area (Å²) < 4.78 is 0. The van der Waals surface area contributed by atoms with Crippen molar-refractivity contribution >= 4 is 5.96 Å². The fourth-order valence-corrected chi connectivity index (χ4v) is 1.89. The van der Waals surface area contributed by atoms with Gasteiger partial charge in [0.25, 0.3) is 0 Å². The summed E-state index contributed by atoms with van der Waals surface area (Å²) in [5.74, 6) is 6.81. The van der Waals surface area contributed by atoms with Crippen molar-refractivity contribution in [2.75, 3.05) is 0 Å². The van der Waals surface area contributed by atoms with E-state index in [0.717, 1.165) is 5.96 Å². The molecule has 1 atom stereocenters. The molecule has 0 amide bonds. The monoisotopic (exact) mass is 226 g/mol. The van der Waals surface area contributed by atoms with Gasteiger partial charge in [-0.25, -0.2) is 10.8 Å². The minimum Gasteiger partial charge on any atom is -0.353 e. The molecule has 4 heteroatoms. The first-order valence-corrected chi connectivity index (χ1v) is 6.44. The Balaban J connectivity index is 2.48. The second-order valence-corrected chi connectivity index (χ2v) is 5.09. The molecule has 0 radical (unpaired) electrons. The predicted octanol–water partition coefficient (Wildman–Crippen LogP) is 1.77. The highest BCUT2D eigenvalue weighted by Gasteiger charge is 2.14. The molecular weight excluding hydrogens is 200 g/mol. The minimum atomic E-state index is 0.387. The molecule has 4 N–H and O–H groups in total. The molecule has 0 bridgehead atoms. The van der Waals surface area contributed by atoms with E-state index < -0.39 is 0 Å². The number of nitrogens with zero attached hydrogens (tertiary/aromatic N) is 1. The highest BCUT2D eigenvalue weighted by molar-refractivity contribution is 5.79. The molecule has 1 aliphatic carbocycles. The van der Waals surface area contributed by atoms with Gasteiger partial charge in [0, 0.05) is 6.04 Å². The van der Waals surface area contributed by atoms with Crippen LogP contribution in [0.4, 0.5) is 0 Å². The van der Waals surface area contributed by atoms with E-state index in [9.17, 15) is 0 Å². The van der Waals surface area contributed by atoms with E-state index in [0.29, 0.717) is 18.0 Å². The number of nitrogens with two attached hydrogens (primary N) is 1. The summed E-state index contributed by atoms with van der Waals surface area (Å²) in [5, 5.41) is 3.33. The van der Waals surface area contributed by atoms with Gasteiger partial charge >= 0.3 is 0 Å². The number of hydrogen-bond donors (Lipinski definition) is 3. The molecule has 0 aromatic rings. The summed E-state index contributed by atoms with van der Waals surface area (Å²) >= 11 is 0. The lowest BCUT2D eigenvalue weighted by atomic mass is 9.96. The Morgan fingerprint density at radius 1 is 1.19 bits per heavy atom. The van der Waals surface area contributed by atoms with Crippen LogP contribution < -0.4 is 16.6 Å². The van der Waals surface area contributed by atoms with Gasteiger partial charge in [0.2, 0.25) is 5.96 Å². The van der Waals surface area contributed by atoms with Gasteiger partial charge in [0.15, 0.2) is 0 Å². The molecule has 0 aromatic carbocycles. The Morgan fingerprint density at radius 2 is 1.81 bits per heavy atom. The Morgan fingerprint density at radius 3 is 2.31 bits per heavy atom. The van der Waals surface area contributed by atoms with Gasteiger partial charge in [-0.3, -0.25) is 5.43 Å². The second-order valence-electron chi connectivity index (χ2n) is 5.09. The van der Waals surface area contributed by atoms with Gasteiger partial charge in [0.05, 0.1) is 6.04 Å². The van der Waals surface area contributed by atoms with E-state index in [1.165, 1.54) is 32.1 Å². The fourth-order valence-electron chi connectivity index (χ4n) is 1.89. The molecule has 94 valence electrons. The summed E-state index contributed by atoms with van der Waals surface area (Å²) in [6.07, 6.45) is 6.34. The van der Waals surface area contributed by atoms with Crippen molar-refractivity contribution in [2.24, 2.45) is 16.8 Å². The first-order valence-electron chi connectivity index (χ1n) is 6.44. The number of hydrogen-bond acceptors (Lipinski definition) is 2. The van der Waals surface area contributed by atoms with Gasteiger partial charge in [-0.05, 0) is 25.7 Å². The van der Waals surface area contributed by atoms with Gasteiger partial charge in [-0.2, -0.15) is 0 Å². The molecule has 1 saturated carbocycles. The zero-order valence-electron chi connectivity index (χ0n) is 10.8. The summed E-state index contributed by atoms with van der Waals surface area (Å²) in [6, 6.07) is 0.838. The summed E-state index contributed by atoms with van der Waals surface area (Å²) in [5.41, 5.74) is 2.67. The predicted molar refractivity (Wildman–Crippen MR) is 69.1 cm³/mol. The van der Waals surface area contributed by atoms with Crippen molar-refractivity contribution in [1.82, 2.24) is 10.7 Å². The lowest BCUT2D eigenvalue weighted by Crippen LogP contribution is -2.47. The molecule has 1 fully saturated rings. The Hall–Kier alpha value is -0.770. The molecule has 1 unspecified atom stereocenters. The van der Waals surface area contributed by atoms with Crippen molar-refractivity contribution in [1.29, 1.82) is 0 Å². The highest BCUT2D eigenvalue weighted by Crippen LogP contribution is 2.20.